The highest BCUT2D eigenvalue weighted by atomic mass is 79.9. The molecule has 1 nitrogen and oxygen atoms in total. The topological polar surface area (TPSA) is 12.9 Å². The van der Waals surface area contributed by atoms with E-state index in [0.717, 1.165) is 6.07 Å². The summed E-state index contributed by atoms with van der Waals surface area (Å²) >= 11 is 2.85. The minimum Gasteiger partial charge on any atom is -0.216 e. The summed E-state index contributed by atoms with van der Waals surface area (Å²) in [6.07, 6.45) is -3.10. The van der Waals surface area contributed by atoms with Gasteiger partial charge in [0.2, 0.25) is 5.95 Å². The zero-order chi connectivity index (χ0) is 10.0. The standard InChI is InChI=1S/C7H4BrF4N/c8-2-3-1-4(9)13-6(5(3)10)7(11)12/h1,7H,2H2. The van der Waals surface area contributed by atoms with Crippen molar-refractivity contribution in [2.75, 3.05) is 0 Å². The number of aromatic nitrogens is 1. The van der Waals surface area contributed by atoms with E-state index in [1.807, 2.05) is 0 Å². The van der Waals surface area contributed by atoms with Crippen molar-refractivity contribution in [1.82, 2.24) is 4.98 Å². The number of halogens is 5. The molecule has 0 bridgehead atoms. The molecule has 0 aliphatic carbocycles. The molecule has 13 heavy (non-hydrogen) atoms. The summed E-state index contributed by atoms with van der Waals surface area (Å²) in [4.78, 5) is 2.77. The van der Waals surface area contributed by atoms with E-state index >= 15 is 0 Å². The Balaban J connectivity index is 3.27. The molecule has 1 aromatic heterocycles. The predicted octanol–water partition coefficient (Wildman–Crippen LogP) is 3.19. The molecule has 0 aromatic carbocycles. The van der Waals surface area contributed by atoms with Crippen LogP contribution in [0.1, 0.15) is 17.7 Å². The predicted molar refractivity (Wildman–Crippen MR) is 41.7 cm³/mol. The van der Waals surface area contributed by atoms with Crippen LogP contribution in [0.4, 0.5) is 17.6 Å². The van der Waals surface area contributed by atoms with Crippen molar-refractivity contribution in [2.24, 2.45) is 0 Å². The second kappa shape index (κ2) is 4.04. The molecule has 0 fully saturated rings. The zero-order valence-electron chi connectivity index (χ0n) is 6.20. The van der Waals surface area contributed by atoms with Crippen LogP contribution in [0.5, 0.6) is 0 Å². The Hall–Kier alpha value is -0.650. The second-order valence-corrected chi connectivity index (χ2v) is 2.80. The van der Waals surface area contributed by atoms with Gasteiger partial charge in [-0.25, -0.2) is 18.2 Å². The van der Waals surface area contributed by atoms with Crippen molar-refractivity contribution >= 4 is 15.9 Å². The average molecular weight is 258 g/mol. The molecule has 0 unspecified atom stereocenters. The fourth-order valence-electron chi connectivity index (χ4n) is 0.810. The first-order valence-corrected chi connectivity index (χ1v) is 4.37. The van der Waals surface area contributed by atoms with Crippen molar-refractivity contribution in [3.8, 4) is 0 Å². The van der Waals surface area contributed by atoms with Gasteiger partial charge in [0, 0.05) is 17.0 Å². The van der Waals surface area contributed by atoms with Gasteiger partial charge in [-0.1, -0.05) is 15.9 Å². The molecule has 0 atom stereocenters. The number of rotatable bonds is 2. The SMILES string of the molecule is Fc1cc(CBr)c(F)c(C(F)F)n1. The third-order valence-electron chi connectivity index (χ3n) is 1.38. The maximum Gasteiger partial charge on any atom is 0.283 e. The fourth-order valence-corrected chi connectivity index (χ4v) is 1.22. The molecule has 0 spiro atoms. The van der Waals surface area contributed by atoms with Crippen molar-refractivity contribution in [1.29, 1.82) is 0 Å². The van der Waals surface area contributed by atoms with Crippen LogP contribution in [0.2, 0.25) is 0 Å². The van der Waals surface area contributed by atoms with Gasteiger partial charge in [0.05, 0.1) is 0 Å². The third kappa shape index (κ3) is 2.18. The molecule has 1 heterocycles. The Kier molecular flexibility index (Phi) is 3.24. The molecule has 6 heteroatoms. The van der Waals surface area contributed by atoms with Crippen LogP contribution in [0, 0.1) is 11.8 Å². The van der Waals surface area contributed by atoms with Gasteiger partial charge in [-0.2, -0.15) is 4.39 Å². The quantitative estimate of drug-likeness (QED) is 0.451. The Bertz CT molecular complexity index is 316. The van der Waals surface area contributed by atoms with E-state index < -0.39 is 23.9 Å². The van der Waals surface area contributed by atoms with Gasteiger partial charge in [0.15, 0.2) is 5.82 Å². The van der Waals surface area contributed by atoms with Crippen LogP contribution < -0.4 is 0 Å². The van der Waals surface area contributed by atoms with Crippen LogP contribution in [0.15, 0.2) is 6.07 Å². The summed E-state index contributed by atoms with van der Waals surface area (Å²) < 4.78 is 49.6. The summed E-state index contributed by atoms with van der Waals surface area (Å²) in [7, 11) is 0. The number of pyridine rings is 1. The molecule has 0 radical (unpaired) electrons. The molecule has 1 aromatic rings. The van der Waals surface area contributed by atoms with E-state index in [2.05, 4.69) is 20.9 Å². The number of nitrogens with zero attached hydrogens (tertiary/aromatic N) is 1. The Morgan fingerprint density at radius 2 is 2.00 bits per heavy atom. The van der Waals surface area contributed by atoms with Gasteiger partial charge in [-0.15, -0.1) is 0 Å². The number of hydrogen-bond donors (Lipinski definition) is 0. The molecule has 0 amide bonds. The number of alkyl halides is 3. The maximum absolute atomic E-state index is 13.0. The van der Waals surface area contributed by atoms with Crippen molar-refractivity contribution in [2.45, 2.75) is 11.8 Å². The molecule has 0 saturated heterocycles. The highest BCUT2D eigenvalue weighted by molar-refractivity contribution is 9.08. The molecule has 0 saturated carbocycles. The first-order chi connectivity index (χ1) is 6.06. The number of hydrogen-bond acceptors (Lipinski definition) is 1. The van der Waals surface area contributed by atoms with Crippen LogP contribution in [-0.4, -0.2) is 4.98 Å². The summed E-state index contributed by atoms with van der Waals surface area (Å²) in [6.45, 7) is 0. The molecule has 72 valence electrons. The molecule has 0 aliphatic rings. The normalized spacial score (nSPS) is 10.9. The van der Waals surface area contributed by atoms with Gasteiger partial charge >= 0.3 is 0 Å². The van der Waals surface area contributed by atoms with Crippen LogP contribution >= 0.6 is 15.9 Å². The van der Waals surface area contributed by atoms with Gasteiger partial charge in [0.1, 0.15) is 5.69 Å². The smallest absolute Gasteiger partial charge is 0.216 e. The van der Waals surface area contributed by atoms with E-state index in [-0.39, 0.29) is 10.9 Å². The lowest BCUT2D eigenvalue weighted by atomic mass is 10.2. The lowest BCUT2D eigenvalue weighted by molar-refractivity contribution is 0.139. The lowest BCUT2D eigenvalue weighted by Gasteiger charge is -2.04. The molecule has 1 rings (SSSR count). The van der Waals surface area contributed by atoms with Gasteiger partial charge < -0.3 is 0 Å². The summed E-state index contributed by atoms with van der Waals surface area (Å²) in [5.41, 5.74) is -1.31. The summed E-state index contributed by atoms with van der Waals surface area (Å²) in [5.74, 6) is -2.26. The molecular weight excluding hydrogens is 254 g/mol. The van der Waals surface area contributed by atoms with Crippen molar-refractivity contribution in [3.05, 3.63) is 29.1 Å². The van der Waals surface area contributed by atoms with E-state index in [1.54, 1.807) is 0 Å². The monoisotopic (exact) mass is 257 g/mol. The Morgan fingerprint density at radius 1 is 1.38 bits per heavy atom. The fraction of sp³-hybridized carbons (Fsp3) is 0.286. The van der Waals surface area contributed by atoms with Gasteiger partial charge in [0.25, 0.3) is 6.43 Å². The highest BCUT2D eigenvalue weighted by Crippen LogP contribution is 2.23. The van der Waals surface area contributed by atoms with Crippen molar-refractivity contribution < 1.29 is 17.6 Å². The Morgan fingerprint density at radius 3 is 2.46 bits per heavy atom. The second-order valence-electron chi connectivity index (χ2n) is 2.24. The Labute approximate surface area is 79.9 Å². The first kappa shape index (κ1) is 10.4. The van der Waals surface area contributed by atoms with Gasteiger partial charge in [-0.3, -0.25) is 0 Å². The minimum absolute atomic E-state index is 0.0298. The minimum atomic E-state index is -3.10. The largest absolute Gasteiger partial charge is 0.283 e. The van der Waals surface area contributed by atoms with Crippen molar-refractivity contribution in [3.63, 3.8) is 0 Å². The summed E-state index contributed by atoms with van der Waals surface area (Å²) in [6, 6.07) is 0.774. The van der Waals surface area contributed by atoms with Crippen LogP contribution in [0.3, 0.4) is 0 Å². The average Bonchev–Trinajstić information content (AvgIpc) is 2.08. The van der Waals surface area contributed by atoms with E-state index in [0.29, 0.717) is 0 Å². The lowest BCUT2D eigenvalue weighted by Crippen LogP contribution is -2.02. The van der Waals surface area contributed by atoms with Crippen LogP contribution in [0.25, 0.3) is 0 Å². The molecular formula is C7H4BrF4N. The first-order valence-electron chi connectivity index (χ1n) is 3.25. The van der Waals surface area contributed by atoms with E-state index in [9.17, 15) is 17.6 Å². The molecule has 0 N–H and O–H groups in total. The van der Waals surface area contributed by atoms with E-state index in [4.69, 9.17) is 0 Å². The van der Waals surface area contributed by atoms with Gasteiger partial charge in [-0.05, 0) is 0 Å². The zero-order valence-corrected chi connectivity index (χ0v) is 7.78. The maximum atomic E-state index is 13.0. The third-order valence-corrected chi connectivity index (χ3v) is 1.98. The van der Waals surface area contributed by atoms with Crippen LogP contribution in [-0.2, 0) is 5.33 Å². The highest BCUT2D eigenvalue weighted by Gasteiger charge is 2.19. The molecule has 0 aliphatic heterocycles. The summed E-state index contributed by atoms with van der Waals surface area (Å²) in [5, 5.41) is -0.0298. The van der Waals surface area contributed by atoms with E-state index in [1.165, 1.54) is 0 Å².